The van der Waals surface area contributed by atoms with E-state index in [2.05, 4.69) is 21.8 Å². The van der Waals surface area contributed by atoms with Crippen molar-refractivity contribution in [1.82, 2.24) is 5.01 Å². The molecule has 0 saturated carbocycles. The molecule has 1 aromatic carbocycles. The highest BCUT2D eigenvalue weighted by molar-refractivity contribution is 5.86. The van der Waals surface area contributed by atoms with E-state index in [0.29, 0.717) is 6.54 Å². The number of rotatable bonds is 5. The Hall–Kier alpha value is -2.17. The molecular weight excluding hydrogens is 228 g/mol. The van der Waals surface area contributed by atoms with Gasteiger partial charge in [0.1, 0.15) is 17.9 Å². The highest BCUT2D eigenvalue weighted by atomic mass is 16.5. The molecule has 96 valence electrons. The molecule has 5 nitrogen and oxygen atoms in total. The normalized spacial score (nSPS) is 11.6. The Bertz CT molecular complexity index is 437. The maximum Gasteiger partial charge on any atom is 0.124 e. The van der Waals surface area contributed by atoms with Gasteiger partial charge in [-0.2, -0.15) is 5.10 Å². The molecule has 0 aromatic heterocycles. The number of nitrogens with zero attached hydrogens (tertiary/aromatic N) is 4. The number of aliphatic imine (C=N–C) groups is 2. The van der Waals surface area contributed by atoms with E-state index < -0.39 is 0 Å². The Kier molecular flexibility index (Phi) is 5.57. The Morgan fingerprint density at radius 1 is 1.39 bits per heavy atom. The van der Waals surface area contributed by atoms with Gasteiger partial charge >= 0.3 is 0 Å². The van der Waals surface area contributed by atoms with Gasteiger partial charge in [0.2, 0.25) is 0 Å². The van der Waals surface area contributed by atoms with Gasteiger partial charge in [0, 0.05) is 13.8 Å². The van der Waals surface area contributed by atoms with Crippen molar-refractivity contribution in [2.75, 3.05) is 14.2 Å². The fourth-order valence-corrected chi connectivity index (χ4v) is 1.38. The summed E-state index contributed by atoms with van der Waals surface area (Å²) in [5, 5.41) is 5.65. The van der Waals surface area contributed by atoms with Gasteiger partial charge in [-0.3, -0.25) is 4.99 Å². The third kappa shape index (κ3) is 4.01. The van der Waals surface area contributed by atoms with Crippen LogP contribution in [0.15, 0.2) is 39.4 Å². The minimum atomic E-state index is 0.611. The Morgan fingerprint density at radius 2 is 2.06 bits per heavy atom. The quantitative estimate of drug-likeness (QED) is 0.454. The predicted molar refractivity (Wildman–Crippen MR) is 75.6 cm³/mol. The third-order valence-electron chi connectivity index (χ3n) is 2.40. The van der Waals surface area contributed by atoms with Crippen LogP contribution in [0.5, 0.6) is 5.75 Å². The van der Waals surface area contributed by atoms with Crippen molar-refractivity contribution in [3.8, 4) is 5.75 Å². The summed E-state index contributed by atoms with van der Waals surface area (Å²) in [4.78, 5) is 7.94. The van der Waals surface area contributed by atoms with Gasteiger partial charge in [-0.15, -0.1) is 0 Å². The van der Waals surface area contributed by atoms with Gasteiger partial charge in [0.05, 0.1) is 13.7 Å². The maximum absolute atomic E-state index is 5.11. The monoisotopic (exact) mass is 246 g/mol. The van der Waals surface area contributed by atoms with Gasteiger partial charge in [-0.1, -0.05) is 12.1 Å². The molecule has 0 aliphatic rings. The molecule has 0 unspecified atom stereocenters. The molecule has 1 aromatic rings. The summed E-state index contributed by atoms with van der Waals surface area (Å²) in [6.07, 6.45) is 1.49. The van der Waals surface area contributed by atoms with E-state index in [9.17, 15) is 0 Å². The first kappa shape index (κ1) is 13.9. The molecule has 0 atom stereocenters. The van der Waals surface area contributed by atoms with Crippen molar-refractivity contribution in [3.05, 3.63) is 29.8 Å². The highest BCUT2D eigenvalue weighted by Crippen LogP contribution is 2.13. The second-order valence-corrected chi connectivity index (χ2v) is 3.60. The van der Waals surface area contributed by atoms with Crippen LogP contribution >= 0.6 is 0 Å². The van der Waals surface area contributed by atoms with Gasteiger partial charge < -0.3 is 4.74 Å². The van der Waals surface area contributed by atoms with Crippen molar-refractivity contribution in [2.24, 2.45) is 15.1 Å². The van der Waals surface area contributed by atoms with Crippen molar-refractivity contribution >= 4 is 18.9 Å². The molecule has 18 heavy (non-hydrogen) atoms. The maximum atomic E-state index is 5.11. The zero-order valence-corrected chi connectivity index (χ0v) is 11.0. The van der Waals surface area contributed by atoms with E-state index in [1.807, 2.05) is 31.2 Å². The zero-order valence-electron chi connectivity index (χ0n) is 11.0. The van der Waals surface area contributed by atoms with Crippen LogP contribution in [-0.2, 0) is 6.54 Å². The van der Waals surface area contributed by atoms with Crippen LogP contribution in [-0.4, -0.2) is 38.1 Å². The van der Waals surface area contributed by atoms with Crippen LogP contribution in [0.25, 0.3) is 0 Å². The minimum absolute atomic E-state index is 0.611. The van der Waals surface area contributed by atoms with Crippen molar-refractivity contribution in [2.45, 2.75) is 13.5 Å². The molecular formula is C13H18N4O. The fourth-order valence-electron chi connectivity index (χ4n) is 1.38. The Morgan fingerprint density at radius 3 is 2.56 bits per heavy atom. The van der Waals surface area contributed by atoms with Gasteiger partial charge in [0.25, 0.3) is 0 Å². The Balaban J connectivity index is 2.75. The summed E-state index contributed by atoms with van der Waals surface area (Å²) in [6, 6.07) is 7.80. The second-order valence-electron chi connectivity index (χ2n) is 3.60. The number of ether oxygens (including phenoxy) is 1. The molecule has 0 saturated heterocycles. The zero-order chi connectivity index (χ0) is 13.4. The summed E-state index contributed by atoms with van der Waals surface area (Å²) >= 11 is 0. The van der Waals surface area contributed by atoms with Gasteiger partial charge in [0.15, 0.2) is 0 Å². The lowest BCUT2D eigenvalue weighted by molar-refractivity contribution is 0.413. The topological polar surface area (TPSA) is 49.5 Å². The molecule has 0 spiro atoms. The van der Waals surface area contributed by atoms with Crippen molar-refractivity contribution in [3.63, 3.8) is 0 Å². The molecule has 0 aliphatic carbocycles. The van der Waals surface area contributed by atoms with Crippen molar-refractivity contribution < 1.29 is 4.74 Å². The predicted octanol–water partition coefficient (Wildman–Crippen LogP) is 2.19. The lowest BCUT2D eigenvalue weighted by atomic mass is 10.2. The first-order valence-electron chi connectivity index (χ1n) is 5.53. The van der Waals surface area contributed by atoms with E-state index in [4.69, 9.17) is 4.74 Å². The van der Waals surface area contributed by atoms with Crippen LogP contribution in [0, 0.1) is 0 Å². The SMILES string of the molecule is C=NN(Cc1ccc(OC)cc1)/C(C)=N/C=N\C. The molecule has 0 heterocycles. The van der Waals surface area contributed by atoms with Gasteiger partial charge in [-0.25, -0.2) is 10.0 Å². The summed E-state index contributed by atoms with van der Waals surface area (Å²) in [7, 11) is 3.32. The Labute approximate surface area is 108 Å². The first-order valence-corrected chi connectivity index (χ1v) is 5.53. The average molecular weight is 246 g/mol. The molecule has 1 rings (SSSR count). The highest BCUT2D eigenvalue weighted by Gasteiger charge is 2.05. The van der Waals surface area contributed by atoms with Crippen LogP contribution in [0.2, 0.25) is 0 Å². The fraction of sp³-hybridized carbons (Fsp3) is 0.308. The smallest absolute Gasteiger partial charge is 0.124 e. The molecule has 0 amide bonds. The molecule has 0 bridgehead atoms. The molecule has 0 fully saturated rings. The summed E-state index contributed by atoms with van der Waals surface area (Å²) in [6.45, 7) is 6.02. The summed E-state index contributed by atoms with van der Waals surface area (Å²) in [5.74, 6) is 1.58. The van der Waals surface area contributed by atoms with Crippen LogP contribution < -0.4 is 4.74 Å². The van der Waals surface area contributed by atoms with Crippen molar-refractivity contribution in [1.29, 1.82) is 0 Å². The molecule has 0 N–H and O–H groups in total. The van der Waals surface area contributed by atoms with E-state index >= 15 is 0 Å². The largest absolute Gasteiger partial charge is 0.497 e. The first-order chi connectivity index (χ1) is 8.71. The second kappa shape index (κ2) is 7.21. The average Bonchev–Trinajstić information content (AvgIpc) is 2.42. The summed E-state index contributed by atoms with van der Waals surface area (Å²) < 4.78 is 5.11. The minimum Gasteiger partial charge on any atom is -0.497 e. The number of hydrogen-bond donors (Lipinski definition) is 0. The van der Waals surface area contributed by atoms with Gasteiger partial charge in [-0.05, 0) is 24.6 Å². The van der Waals surface area contributed by atoms with E-state index in [1.54, 1.807) is 19.2 Å². The third-order valence-corrected chi connectivity index (χ3v) is 2.40. The molecule has 5 heteroatoms. The van der Waals surface area contributed by atoms with E-state index in [0.717, 1.165) is 17.1 Å². The number of hydrogen-bond acceptors (Lipinski definition) is 3. The van der Waals surface area contributed by atoms with E-state index in [1.165, 1.54) is 6.34 Å². The van der Waals surface area contributed by atoms with Crippen LogP contribution in [0.3, 0.4) is 0 Å². The standard InChI is InChI=1S/C13H18N4O/c1-11(16-10-14-2)17(15-3)9-12-5-7-13(18-4)8-6-12/h5-8,10H,3,9H2,1-2,4H3/b14-10-,16-11+. The number of amidine groups is 1. The number of methoxy groups -OCH3 is 1. The summed E-state index contributed by atoms with van der Waals surface area (Å²) in [5.41, 5.74) is 1.10. The lowest BCUT2D eigenvalue weighted by Crippen LogP contribution is -2.22. The van der Waals surface area contributed by atoms with E-state index in [-0.39, 0.29) is 0 Å². The van der Waals surface area contributed by atoms with Crippen LogP contribution in [0.4, 0.5) is 0 Å². The number of hydrazone groups is 1. The number of benzene rings is 1. The van der Waals surface area contributed by atoms with Crippen LogP contribution in [0.1, 0.15) is 12.5 Å². The molecule has 0 radical (unpaired) electrons. The molecule has 0 aliphatic heterocycles. The lowest BCUT2D eigenvalue weighted by Gasteiger charge is -2.17.